The quantitative estimate of drug-likeness (QED) is 0.216. The van der Waals surface area contributed by atoms with Crippen LogP contribution >= 0.6 is 0 Å². The minimum absolute atomic E-state index is 0.155. The van der Waals surface area contributed by atoms with Crippen molar-refractivity contribution >= 4 is 46.3 Å². The van der Waals surface area contributed by atoms with Crippen LogP contribution in [0, 0.1) is 0 Å². The van der Waals surface area contributed by atoms with Crippen LogP contribution in [0.3, 0.4) is 0 Å². The maximum Gasteiger partial charge on any atom is 0.320 e. The lowest BCUT2D eigenvalue weighted by Crippen LogP contribution is -2.53. The van der Waals surface area contributed by atoms with Gasteiger partial charge in [0.2, 0.25) is 11.8 Å². The van der Waals surface area contributed by atoms with Gasteiger partial charge in [-0.3, -0.25) is 24.8 Å². The number of imide groups is 1. The average molecular weight is 743 g/mol. The Kier molecular flexibility index (Phi) is 9.98. The van der Waals surface area contributed by atoms with Gasteiger partial charge in [0.1, 0.15) is 29.7 Å². The zero-order valence-corrected chi connectivity index (χ0v) is 30.3. The lowest BCUT2D eigenvalue weighted by molar-refractivity contribution is -0.136. The zero-order valence-electron chi connectivity index (χ0n) is 30.3. The van der Waals surface area contributed by atoms with Crippen molar-refractivity contribution in [1.29, 1.82) is 0 Å². The fraction of sp³-hybridized carbons (Fsp3) is 0.325. The number of nitrogens with two attached hydrogens (primary N) is 1. The SMILES string of the molecule is Nc1ncnc2n[nH]c(-c3ccc(Oc4ccccc4)cc3)c12.O=C1CCC(N2Cc3cc(N4CCN(C(=O)N5CCCCC5)CC4)ccc3C2=O)C(=O)N1. The van der Waals surface area contributed by atoms with Crippen molar-refractivity contribution in [3.05, 3.63) is 90.3 Å². The van der Waals surface area contributed by atoms with Crippen molar-refractivity contribution in [1.82, 2.24) is 40.2 Å². The Morgan fingerprint density at radius 1 is 0.818 bits per heavy atom. The number of piperazine rings is 1. The van der Waals surface area contributed by atoms with Gasteiger partial charge in [-0.05, 0) is 85.8 Å². The first-order valence-corrected chi connectivity index (χ1v) is 18.7. The van der Waals surface area contributed by atoms with E-state index in [1.807, 2.05) is 82.6 Å². The van der Waals surface area contributed by atoms with Crippen LogP contribution in [0.5, 0.6) is 11.5 Å². The number of nitrogen functional groups attached to an aromatic ring is 1. The summed E-state index contributed by atoms with van der Waals surface area (Å²) in [4.78, 5) is 65.2. The van der Waals surface area contributed by atoms with Crippen LogP contribution in [-0.4, -0.2) is 104 Å². The summed E-state index contributed by atoms with van der Waals surface area (Å²) in [5, 5.41) is 10.2. The molecular formula is C40H42N10O5. The van der Waals surface area contributed by atoms with Crippen molar-refractivity contribution < 1.29 is 23.9 Å². The van der Waals surface area contributed by atoms with Crippen molar-refractivity contribution in [2.24, 2.45) is 0 Å². The molecule has 1 atom stereocenters. The summed E-state index contributed by atoms with van der Waals surface area (Å²) in [6, 6.07) is 22.7. The van der Waals surface area contributed by atoms with Gasteiger partial charge in [0, 0.05) is 69.0 Å². The number of rotatable bonds is 5. The van der Waals surface area contributed by atoms with E-state index in [4.69, 9.17) is 10.5 Å². The topological polar surface area (TPSA) is 183 Å². The molecular weight excluding hydrogens is 701 g/mol. The highest BCUT2D eigenvalue weighted by atomic mass is 16.5. The molecule has 3 fully saturated rings. The Bertz CT molecular complexity index is 2210. The third-order valence-electron chi connectivity index (χ3n) is 10.6. The smallest absolute Gasteiger partial charge is 0.320 e. The molecule has 5 aromatic rings. The number of ether oxygens (including phenoxy) is 1. The summed E-state index contributed by atoms with van der Waals surface area (Å²) in [5.74, 6) is 1.13. The largest absolute Gasteiger partial charge is 0.457 e. The lowest BCUT2D eigenvalue weighted by atomic mass is 10.0. The number of fused-ring (bicyclic) bond motifs is 2. The highest BCUT2D eigenvalue weighted by molar-refractivity contribution is 6.05. The minimum atomic E-state index is -0.597. The summed E-state index contributed by atoms with van der Waals surface area (Å²) in [6.07, 6.45) is 5.41. The molecule has 4 aliphatic heterocycles. The number of carbonyl (C=O) groups is 4. The summed E-state index contributed by atoms with van der Waals surface area (Å²) in [6.45, 7) is 4.98. The number of piperidine rings is 2. The summed E-state index contributed by atoms with van der Waals surface area (Å²) in [7, 11) is 0. The van der Waals surface area contributed by atoms with Gasteiger partial charge in [0.05, 0.1) is 11.1 Å². The Morgan fingerprint density at radius 2 is 1.55 bits per heavy atom. The molecule has 4 N–H and O–H groups in total. The van der Waals surface area contributed by atoms with E-state index in [1.165, 1.54) is 12.7 Å². The monoisotopic (exact) mass is 742 g/mol. The number of benzene rings is 3. The number of nitrogens with one attached hydrogen (secondary N) is 2. The number of hydrogen-bond acceptors (Lipinski definition) is 10. The molecule has 15 nitrogen and oxygen atoms in total. The van der Waals surface area contributed by atoms with Crippen LogP contribution < -0.4 is 20.7 Å². The number of anilines is 2. The number of hydrogen-bond donors (Lipinski definition) is 3. The van der Waals surface area contributed by atoms with E-state index < -0.39 is 11.9 Å². The molecule has 3 aromatic carbocycles. The Labute approximate surface area is 317 Å². The number of aromatic amines is 1. The van der Waals surface area contributed by atoms with Crippen LogP contribution in [0.2, 0.25) is 0 Å². The number of urea groups is 1. The molecule has 1 unspecified atom stereocenters. The number of amides is 5. The van der Waals surface area contributed by atoms with E-state index in [9.17, 15) is 19.2 Å². The first kappa shape index (κ1) is 35.5. The van der Waals surface area contributed by atoms with Gasteiger partial charge in [0.15, 0.2) is 5.65 Å². The molecule has 9 rings (SSSR count). The zero-order chi connectivity index (χ0) is 37.9. The maximum absolute atomic E-state index is 12.9. The molecule has 3 saturated heterocycles. The fourth-order valence-corrected chi connectivity index (χ4v) is 7.60. The van der Waals surface area contributed by atoms with Gasteiger partial charge in [-0.25, -0.2) is 14.8 Å². The number of H-pyrrole nitrogens is 1. The van der Waals surface area contributed by atoms with E-state index in [0.29, 0.717) is 43.1 Å². The molecule has 6 heterocycles. The van der Waals surface area contributed by atoms with Crippen LogP contribution in [0.15, 0.2) is 79.1 Å². The molecule has 0 spiro atoms. The second kappa shape index (κ2) is 15.5. The maximum atomic E-state index is 12.9. The second-order valence-electron chi connectivity index (χ2n) is 14.0. The first-order chi connectivity index (χ1) is 26.8. The highest BCUT2D eigenvalue weighted by Gasteiger charge is 2.39. The van der Waals surface area contributed by atoms with Gasteiger partial charge in [-0.2, -0.15) is 5.10 Å². The van der Waals surface area contributed by atoms with Crippen molar-refractivity contribution in [2.75, 3.05) is 49.9 Å². The second-order valence-corrected chi connectivity index (χ2v) is 14.0. The molecule has 0 radical (unpaired) electrons. The van der Waals surface area contributed by atoms with Gasteiger partial charge >= 0.3 is 6.03 Å². The van der Waals surface area contributed by atoms with Crippen LogP contribution in [0.1, 0.15) is 48.0 Å². The first-order valence-electron chi connectivity index (χ1n) is 18.7. The molecule has 0 saturated carbocycles. The minimum Gasteiger partial charge on any atom is -0.457 e. The number of carbonyl (C=O) groups excluding carboxylic acids is 4. The standard InChI is InChI=1S/C23H29N5O4.C17H13N5O/c29-20-7-6-19(21(30)24-20)28-15-16-14-17(4-5-18(16)22(28)31)25-10-12-27(13-11-25)23(32)26-8-2-1-3-9-26;18-16-14-15(21-22-17(14)20-10-19-16)11-6-8-13(9-7-11)23-12-4-2-1-3-5-12/h4-5,14,19H,1-3,6-13,15H2,(H,24,29,30);1-10H,(H3,18,19,20,21,22). The van der Waals surface area contributed by atoms with Crippen molar-refractivity contribution in [3.8, 4) is 22.8 Å². The highest BCUT2D eigenvalue weighted by Crippen LogP contribution is 2.32. The Hall–Kier alpha value is -6.51. The summed E-state index contributed by atoms with van der Waals surface area (Å²) < 4.78 is 5.79. The molecule has 282 valence electrons. The number of aromatic nitrogens is 4. The predicted molar refractivity (Wildman–Crippen MR) is 205 cm³/mol. The van der Waals surface area contributed by atoms with Gasteiger partial charge < -0.3 is 30.1 Å². The molecule has 0 bridgehead atoms. The molecule has 5 amide bonds. The molecule has 0 aliphatic carbocycles. The van der Waals surface area contributed by atoms with E-state index in [0.717, 1.165) is 78.4 Å². The van der Waals surface area contributed by atoms with Crippen molar-refractivity contribution in [3.63, 3.8) is 0 Å². The Balaban J connectivity index is 0.000000164. The summed E-state index contributed by atoms with van der Waals surface area (Å²) in [5.41, 5.74) is 10.8. The van der Waals surface area contributed by atoms with Crippen molar-refractivity contribution in [2.45, 2.75) is 44.7 Å². The fourth-order valence-electron chi connectivity index (χ4n) is 7.60. The van der Waals surface area contributed by atoms with E-state index in [2.05, 4.69) is 30.4 Å². The predicted octanol–water partition coefficient (Wildman–Crippen LogP) is 4.57. The molecule has 15 heteroatoms. The third-order valence-corrected chi connectivity index (χ3v) is 10.6. The van der Waals surface area contributed by atoms with Gasteiger partial charge in [-0.15, -0.1) is 0 Å². The van der Waals surface area contributed by atoms with Gasteiger partial charge in [0.25, 0.3) is 5.91 Å². The Morgan fingerprint density at radius 3 is 2.29 bits per heavy atom. The van der Waals surface area contributed by atoms with E-state index in [1.54, 1.807) is 4.90 Å². The number of nitrogens with zero attached hydrogens (tertiary/aromatic N) is 7. The lowest BCUT2D eigenvalue weighted by Gasteiger charge is -2.39. The van der Waals surface area contributed by atoms with E-state index in [-0.39, 0.29) is 24.3 Å². The van der Waals surface area contributed by atoms with Crippen LogP contribution in [0.4, 0.5) is 16.3 Å². The molecule has 2 aromatic heterocycles. The van der Waals surface area contributed by atoms with Crippen LogP contribution in [0.25, 0.3) is 22.3 Å². The summed E-state index contributed by atoms with van der Waals surface area (Å²) >= 11 is 0. The van der Waals surface area contributed by atoms with E-state index >= 15 is 0 Å². The molecule has 4 aliphatic rings. The van der Waals surface area contributed by atoms with Gasteiger partial charge in [-0.1, -0.05) is 18.2 Å². The molecule has 55 heavy (non-hydrogen) atoms. The number of likely N-dealkylation sites (tertiary alicyclic amines) is 1. The number of para-hydroxylation sites is 1. The normalized spacial score (nSPS) is 18.5. The third kappa shape index (κ3) is 7.50. The van der Waals surface area contributed by atoms with Crippen LogP contribution in [-0.2, 0) is 16.1 Å². The average Bonchev–Trinajstić information content (AvgIpc) is 3.80.